The van der Waals surface area contributed by atoms with Gasteiger partial charge in [0.1, 0.15) is 11.4 Å². The van der Waals surface area contributed by atoms with Crippen molar-refractivity contribution >= 4 is 27.9 Å². The van der Waals surface area contributed by atoms with Gasteiger partial charge in [-0.25, -0.2) is 0 Å². The van der Waals surface area contributed by atoms with Gasteiger partial charge in [0.15, 0.2) is 0 Å². The lowest BCUT2D eigenvalue weighted by Gasteiger charge is -2.04. The zero-order valence-corrected chi connectivity index (χ0v) is 10.6. The van der Waals surface area contributed by atoms with Crippen LogP contribution in [0.3, 0.4) is 0 Å². The molecule has 0 saturated heterocycles. The van der Waals surface area contributed by atoms with Gasteiger partial charge in [-0.15, -0.1) is 10.2 Å². The van der Waals surface area contributed by atoms with E-state index < -0.39 is 0 Å². The Kier molecular flexibility index (Phi) is 2.25. The minimum absolute atomic E-state index is 0.169. The van der Waals surface area contributed by atoms with E-state index in [0.29, 0.717) is 21.9 Å². The molecule has 0 spiro atoms. The lowest BCUT2D eigenvalue weighted by molar-refractivity contribution is 0.645. The second-order valence-corrected chi connectivity index (χ2v) is 4.44. The predicted octanol–water partition coefficient (Wildman–Crippen LogP) is 1.10. The molecule has 0 aliphatic carbocycles. The van der Waals surface area contributed by atoms with Gasteiger partial charge in [0, 0.05) is 0 Å². The van der Waals surface area contributed by atoms with Gasteiger partial charge in [-0.1, -0.05) is 12.1 Å². The minimum atomic E-state index is -0.177. The van der Waals surface area contributed by atoms with Gasteiger partial charge in [-0.2, -0.15) is 10.2 Å². The molecule has 0 amide bonds. The molecule has 3 heterocycles. The Morgan fingerprint density at radius 2 is 2.05 bits per heavy atom. The Labute approximate surface area is 116 Å². The predicted molar refractivity (Wildman–Crippen MR) is 75.4 cm³/mol. The molecule has 0 fully saturated rings. The summed E-state index contributed by atoms with van der Waals surface area (Å²) in [4.78, 5) is 16.6. The molecule has 21 heavy (non-hydrogen) atoms. The van der Waals surface area contributed by atoms with E-state index in [0.717, 1.165) is 0 Å². The average Bonchev–Trinajstić information content (AvgIpc) is 3.01. The van der Waals surface area contributed by atoms with Gasteiger partial charge in [-0.3, -0.25) is 4.79 Å². The summed E-state index contributed by atoms with van der Waals surface area (Å²) >= 11 is 0. The number of pyridine rings is 1. The van der Waals surface area contributed by atoms with Crippen molar-refractivity contribution in [2.45, 2.75) is 0 Å². The van der Waals surface area contributed by atoms with Crippen LogP contribution in [0, 0.1) is 0 Å². The van der Waals surface area contributed by atoms with Gasteiger partial charge >= 0.3 is 0 Å². The maximum absolute atomic E-state index is 12.5. The number of hydrogen-bond donors (Lipinski definition) is 2. The van der Waals surface area contributed by atoms with Crippen LogP contribution in [0.25, 0.3) is 33.5 Å². The number of anilines is 1. The third-order valence-electron chi connectivity index (χ3n) is 3.19. The molecule has 0 aliphatic heterocycles. The van der Waals surface area contributed by atoms with Crippen molar-refractivity contribution in [1.82, 2.24) is 25.6 Å². The fourth-order valence-electron chi connectivity index (χ4n) is 2.20. The number of tetrazole rings is 1. The van der Waals surface area contributed by atoms with Crippen LogP contribution in [0.1, 0.15) is 0 Å². The molecule has 0 aliphatic rings. The van der Waals surface area contributed by atoms with Crippen LogP contribution in [0.2, 0.25) is 0 Å². The van der Waals surface area contributed by atoms with Crippen LogP contribution < -0.4 is 11.2 Å². The number of hydrogen-bond acceptors (Lipinski definition) is 7. The molecule has 102 valence electrons. The molecule has 8 nitrogen and oxygen atoms in total. The monoisotopic (exact) mass is 280 g/mol. The Morgan fingerprint density at radius 3 is 2.86 bits per heavy atom. The molecule has 0 unspecified atom stereocenters. The highest BCUT2D eigenvalue weighted by molar-refractivity contribution is 5.91. The largest absolute Gasteiger partial charge is 0.437 e. The van der Waals surface area contributed by atoms with Crippen LogP contribution in [0.5, 0.6) is 0 Å². The zero-order chi connectivity index (χ0) is 14.4. The first-order valence-electron chi connectivity index (χ1n) is 6.10. The highest BCUT2D eigenvalue weighted by Crippen LogP contribution is 2.25. The number of benzene rings is 1. The van der Waals surface area contributed by atoms with Crippen molar-refractivity contribution in [2.24, 2.45) is 0 Å². The number of aromatic amines is 1. The molecule has 4 rings (SSSR count). The molecule has 3 aromatic heterocycles. The number of para-hydroxylation sites is 1. The van der Waals surface area contributed by atoms with Gasteiger partial charge in [0.2, 0.25) is 17.0 Å². The molecule has 0 atom stereocenters. The van der Waals surface area contributed by atoms with Crippen molar-refractivity contribution < 1.29 is 4.42 Å². The highest BCUT2D eigenvalue weighted by Gasteiger charge is 2.15. The minimum Gasteiger partial charge on any atom is -0.437 e. The number of aromatic nitrogens is 5. The summed E-state index contributed by atoms with van der Waals surface area (Å²) in [7, 11) is 0. The topological polar surface area (TPSA) is 124 Å². The summed E-state index contributed by atoms with van der Waals surface area (Å²) in [5.74, 6) is 0.441. The first-order chi connectivity index (χ1) is 10.2. The fraction of sp³-hybridized carbons (Fsp3) is 0. The van der Waals surface area contributed by atoms with Crippen LogP contribution >= 0.6 is 0 Å². The van der Waals surface area contributed by atoms with E-state index in [1.807, 2.05) is 0 Å². The molecule has 0 bridgehead atoms. The van der Waals surface area contributed by atoms with E-state index >= 15 is 0 Å². The van der Waals surface area contributed by atoms with E-state index in [9.17, 15) is 4.79 Å². The molecule has 3 N–H and O–H groups in total. The van der Waals surface area contributed by atoms with E-state index in [-0.39, 0.29) is 22.8 Å². The van der Waals surface area contributed by atoms with Gasteiger partial charge in [-0.05, 0) is 23.4 Å². The van der Waals surface area contributed by atoms with Crippen molar-refractivity contribution in [1.29, 1.82) is 0 Å². The smallest absolute Gasteiger partial charge is 0.232 e. The normalized spacial score (nSPS) is 11.2. The zero-order valence-electron chi connectivity index (χ0n) is 10.6. The second kappa shape index (κ2) is 4.10. The number of nitrogen functional groups attached to an aromatic ring is 1. The molecule has 8 heteroatoms. The highest BCUT2D eigenvalue weighted by atomic mass is 16.3. The second-order valence-electron chi connectivity index (χ2n) is 4.44. The number of rotatable bonds is 1. The van der Waals surface area contributed by atoms with Crippen LogP contribution in [0.4, 0.5) is 5.82 Å². The standard InChI is InChI=1S/C13H8N6O2/c14-11-8(12-16-18-19-17-12)5-7-10(20)6-3-1-2-4-9(6)21-13(7)15-11/h1-5H,(H2,14,15)(H,16,17,18,19). The van der Waals surface area contributed by atoms with E-state index in [2.05, 4.69) is 25.6 Å². The van der Waals surface area contributed by atoms with Gasteiger partial charge < -0.3 is 10.2 Å². The number of nitrogens with one attached hydrogen (secondary N) is 1. The number of H-pyrrole nitrogens is 1. The number of nitrogens with two attached hydrogens (primary N) is 1. The van der Waals surface area contributed by atoms with Gasteiger partial charge in [0.25, 0.3) is 0 Å². The SMILES string of the molecule is Nc1nc2oc3ccccc3c(=O)c2cc1-c1nn[nH]n1. The van der Waals surface area contributed by atoms with Crippen LogP contribution in [-0.4, -0.2) is 25.6 Å². The molecule has 0 saturated carbocycles. The Bertz CT molecular complexity index is 1020. The van der Waals surface area contributed by atoms with Crippen molar-refractivity contribution in [3.8, 4) is 11.4 Å². The van der Waals surface area contributed by atoms with Crippen LogP contribution in [0.15, 0.2) is 39.5 Å². The maximum atomic E-state index is 12.5. The molecule has 0 radical (unpaired) electrons. The lowest BCUT2D eigenvalue weighted by atomic mass is 10.1. The Morgan fingerprint density at radius 1 is 1.19 bits per heavy atom. The first-order valence-corrected chi connectivity index (χ1v) is 6.10. The molecule has 1 aromatic carbocycles. The maximum Gasteiger partial charge on any atom is 0.232 e. The summed E-state index contributed by atoms with van der Waals surface area (Å²) in [6.07, 6.45) is 0. The van der Waals surface area contributed by atoms with E-state index in [4.69, 9.17) is 10.2 Å². The third kappa shape index (κ3) is 1.66. The third-order valence-corrected chi connectivity index (χ3v) is 3.19. The molecular formula is C13H8N6O2. The van der Waals surface area contributed by atoms with Crippen LogP contribution in [-0.2, 0) is 0 Å². The summed E-state index contributed by atoms with van der Waals surface area (Å²) in [5, 5.41) is 14.3. The van der Waals surface area contributed by atoms with Gasteiger partial charge in [0.05, 0.1) is 16.3 Å². The van der Waals surface area contributed by atoms with E-state index in [1.54, 1.807) is 30.3 Å². The van der Waals surface area contributed by atoms with Crippen molar-refractivity contribution in [2.75, 3.05) is 5.73 Å². The van der Waals surface area contributed by atoms with Crippen molar-refractivity contribution in [3.05, 3.63) is 40.6 Å². The molecular weight excluding hydrogens is 272 g/mol. The number of nitrogens with zero attached hydrogens (tertiary/aromatic N) is 4. The average molecular weight is 280 g/mol. The summed E-state index contributed by atoms with van der Waals surface area (Å²) in [6, 6.07) is 8.54. The van der Waals surface area contributed by atoms with Crippen molar-refractivity contribution in [3.63, 3.8) is 0 Å². The first kappa shape index (κ1) is 11.5. The fourth-order valence-corrected chi connectivity index (χ4v) is 2.20. The summed E-state index contributed by atoms with van der Waals surface area (Å²) in [6.45, 7) is 0. The summed E-state index contributed by atoms with van der Waals surface area (Å²) in [5.41, 5.74) is 6.78. The summed E-state index contributed by atoms with van der Waals surface area (Å²) < 4.78 is 5.62. The Hall–Kier alpha value is -3.29. The Balaban J connectivity index is 2.14. The quantitative estimate of drug-likeness (QED) is 0.500. The number of fused-ring (bicyclic) bond motifs is 2. The molecule has 4 aromatic rings. The lowest BCUT2D eigenvalue weighted by Crippen LogP contribution is -2.05. The van der Waals surface area contributed by atoms with E-state index in [1.165, 1.54) is 0 Å².